The number of nitrogens with one attached hydrogen (secondary N) is 2. The molecule has 0 saturated carbocycles. The van der Waals surface area contributed by atoms with Gasteiger partial charge in [0, 0.05) is 40.4 Å². The maximum atomic E-state index is 8.88. The SMILES string of the molecule is COc1ccc(C(CNc2nc(NCC(OC)c3ccc(OC)c(OC)c3)nc(N3CCc4cc(OC)c(OC)cc4C3)n2)OC)cc1OC.O=P(O)(O)O. The number of phosphoric acid groups is 1. The van der Waals surface area contributed by atoms with Crippen molar-refractivity contribution in [3.8, 4) is 34.5 Å². The summed E-state index contributed by atoms with van der Waals surface area (Å²) in [7, 11) is 8.37. The lowest BCUT2D eigenvalue weighted by Gasteiger charge is -2.30. The first-order chi connectivity index (χ1) is 26.4. The molecule has 4 aromatic rings. The lowest BCUT2D eigenvalue weighted by Crippen LogP contribution is -2.32. The zero-order valence-electron chi connectivity index (χ0n) is 32.1. The summed E-state index contributed by atoms with van der Waals surface area (Å²) in [6, 6.07) is 15.4. The molecule has 0 saturated heterocycles. The molecule has 2 atom stereocenters. The fourth-order valence-electron chi connectivity index (χ4n) is 5.87. The Morgan fingerprint density at radius 3 is 1.42 bits per heavy atom. The van der Waals surface area contributed by atoms with Gasteiger partial charge in [-0.25, -0.2) is 4.57 Å². The third kappa shape index (κ3) is 11.7. The summed E-state index contributed by atoms with van der Waals surface area (Å²) in [5.74, 6) is 5.18. The number of methoxy groups -OCH3 is 8. The van der Waals surface area contributed by atoms with E-state index < -0.39 is 7.82 Å². The van der Waals surface area contributed by atoms with Crippen LogP contribution in [0.5, 0.6) is 34.5 Å². The van der Waals surface area contributed by atoms with Crippen LogP contribution < -0.4 is 44.0 Å². The minimum atomic E-state index is -4.64. The van der Waals surface area contributed by atoms with Gasteiger partial charge in [-0.05, 0) is 65.1 Å². The zero-order chi connectivity index (χ0) is 40.1. The smallest absolute Gasteiger partial charge is 0.466 e. The lowest BCUT2D eigenvalue weighted by molar-refractivity contribution is 0.113. The molecule has 1 aliphatic heterocycles. The van der Waals surface area contributed by atoms with Crippen molar-refractivity contribution >= 4 is 25.7 Å². The van der Waals surface area contributed by atoms with Crippen molar-refractivity contribution in [1.82, 2.24) is 15.0 Å². The van der Waals surface area contributed by atoms with E-state index in [1.807, 2.05) is 48.5 Å². The predicted octanol–water partition coefficient (Wildman–Crippen LogP) is 4.16. The molecule has 0 fully saturated rings. The molecule has 5 N–H and O–H groups in total. The Hall–Kier alpha value is -5.10. The molecule has 0 bridgehead atoms. The van der Waals surface area contributed by atoms with E-state index in [0.717, 1.165) is 23.1 Å². The average Bonchev–Trinajstić information content (AvgIpc) is 3.19. The van der Waals surface area contributed by atoms with Crippen LogP contribution in [0.1, 0.15) is 34.5 Å². The summed E-state index contributed by atoms with van der Waals surface area (Å²) in [5, 5.41) is 6.74. The molecule has 2 heterocycles. The standard InChI is InChI=1S/C36H46N6O8.H3O4P/c1-43-26-11-9-23(16-28(26)45-3)32(49-7)19-37-34-39-35(38-20-33(50-8)24-10-12-27(44-2)29(17-24)46-4)41-36(40-34)42-14-13-22-15-30(47-5)31(48-6)18-25(22)21-42;1-5(2,3)4/h9-12,15-18,32-33H,13-14,19-21H2,1-8H3,(H2,37,38,39,40,41);(H3,1,2,3,4). The third-order valence-electron chi connectivity index (χ3n) is 8.64. The van der Waals surface area contributed by atoms with E-state index >= 15 is 0 Å². The predicted molar refractivity (Wildman–Crippen MR) is 204 cm³/mol. The monoisotopic (exact) mass is 788 g/mol. The second kappa shape index (κ2) is 20.0. The minimum absolute atomic E-state index is 0.335. The number of hydrogen-bond donors (Lipinski definition) is 5. The third-order valence-corrected chi connectivity index (χ3v) is 8.64. The summed E-state index contributed by atoms with van der Waals surface area (Å²) in [6.07, 6.45) is 0.112. The number of ether oxygens (including phenoxy) is 8. The molecule has 0 amide bonds. The molecule has 19 heteroatoms. The van der Waals surface area contributed by atoms with E-state index in [1.165, 1.54) is 5.56 Å². The first-order valence-electron chi connectivity index (χ1n) is 16.9. The van der Waals surface area contributed by atoms with Crippen LogP contribution in [0.15, 0.2) is 48.5 Å². The Balaban J connectivity index is 0.00000126. The topological polar surface area (TPSA) is 218 Å². The van der Waals surface area contributed by atoms with Crippen molar-refractivity contribution in [1.29, 1.82) is 0 Å². The van der Waals surface area contributed by atoms with Crippen LogP contribution >= 0.6 is 7.82 Å². The number of fused-ring (bicyclic) bond motifs is 1. The number of hydrogen-bond acceptors (Lipinski definition) is 15. The molecule has 18 nitrogen and oxygen atoms in total. The fourth-order valence-corrected chi connectivity index (χ4v) is 5.87. The summed E-state index contributed by atoms with van der Waals surface area (Å²) in [6.45, 7) is 2.03. The molecule has 0 radical (unpaired) electrons. The fraction of sp³-hybridized carbons (Fsp3) is 0.417. The van der Waals surface area contributed by atoms with Crippen molar-refractivity contribution in [3.63, 3.8) is 0 Å². The number of aromatic nitrogens is 3. The molecule has 5 rings (SSSR count). The molecule has 0 aliphatic carbocycles. The van der Waals surface area contributed by atoms with Crippen molar-refractivity contribution in [2.45, 2.75) is 25.2 Å². The second-order valence-corrected chi connectivity index (χ2v) is 12.9. The van der Waals surface area contributed by atoms with Crippen LogP contribution in [0, 0.1) is 0 Å². The van der Waals surface area contributed by atoms with E-state index in [-0.39, 0.29) is 12.2 Å². The van der Waals surface area contributed by atoms with E-state index in [4.69, 9.17) is 72.1 Å². The van der Waals surface area contributed by atoms with E-state index in [1.54, 1.807) is 56.9 Å². The Morgan fingerprint density at radius 1 is 0.618 bits per heavy atom. The van der Waals surface area contributed by atoms with Crippen LogP contribution in [-0.4, -0.2) is 106 Å². The van der Waals surface area contributed by atoms with E-state index in [9.17, 15) is 0 Å². The van der Waals surface area contributed by atoms with Gasteiger partial charge < -0.3 is 68.1 Å². The summed E-state index contributed by atoms with van der Waals surface area (Å²) >= 11 is 0. The van der Waals surface area contributed by atoms with Crippen molar-refractivity contribution in [2.24, 2.45) is 0 Å². The molecule has 1 aliphatic rings. The summed E-state index contributed by atoms with van der Waals surface area (Å²) in [5.41, 5.74) is 4.11. The number of nitrogens with zero attached hydrogens (tertiary/aromatic N) is 4. The molecule has 1 aromatic heterocycles. The van der Waals surface area contributed by atoms with Crippen molar-refractivity contribution in [2.75, 3.05) is 92.0 Å². The average molecular weight is 789 g/mol. The van der Waals surface area contributed by atoms with Gasteiger partial charge >= 0.3 is 7.82 Å². The number of anilines is 3. The van der Waals surface area contributed by atoms with Crippen LogP contribution in [0.2, 0.25) is 0 Å². The summed E-state index contributed by atoms with van der Waals surface area (Å²) < 4.78 is 53.5. The van der Waals surface area contributed by atoms with E-state index in [2.05, 4.69) is 15.5 Å². The van der Waals surface area contributed by atoms with Crippen molar-refractivity contribution < 1.29 is 57.1 Å². The maximum absolute atomic E-state index is 8.88. The largest absolute Gasteiger partial charge is 0.493 e. The molecular formula is C36H49N6O12P. The quantitative estimate of drug-likeness (QED) is 0.0949. The molecule has 300 valence electrons. The Bertz CT molecular complexity index is 1820. The Labute approximate surface area is 319 Å². The minimum Gasteiger partial charge on any atom is -0.493 e. The highest BCUT2D eigenvalue weighted by molar-refractivity contribution is 7.45. The Morgan fingerprint density at radius 2 is 1.02 bits per heavy atom. The maximum Gasteiger partial charge on any atom is 0.466 e. The van der Waals surface area contributed by atoms with Gasteiger partial charge in [-0.15, -0.1) is 0 Å². The van der Waals surface area contributed by atoms with Gasteiger partial charge in [0.2, 0.25) is 17.8 Å². The van der Waals surface area contributed by atoms with Gasteiger partial charge in [-0.1, -0.05) is 12.1 Å². The molecule has 55 heavy (non-hydrogen) atoms. The van der Waals surface area contributed by atoms with Crippen LogP contribution in [-0.2, 0) is 27.0 Å². The molecule has 3 aromatic carbocycles. The van der Waals surface area contributed by atoms with Gasteiger partial charge in [0.15, 0.2) is 34.5 Å². The number of rotatable bonds is 17. The highest BCUT2D eigenvalue weighted by Crippen LogP contribution is 2.35. The Kier molecular flexibility index (Phi) is 15.5. The zero-order valence-corrected chi connectivity index (χ0v) is 33.0. The van der Waals surface area contributed by atoms with Crippen LogP contribution in [0.4, 0.5) is 17.8 Å². The lowest BCUT2D eigenvalue weighted by atomic mass is 9.99. The highest BCUT2D eigenvalue weighted by atomic mass is 31.2. The summed E-state index contributed by atoms with van der Waals surface area (Å²) in [4.78, 5) is 38.1. The molecule has 2 unspecified atom stereocenters. The van der Waals surface area contributed by atoms with Crippen LogP contribution in [0.3, 0.4) is 0 Å². The molecule has 0 spiro atoms. The van der Waals surface area contributed by atoms with Gasteiger partial charge in [-0.2, -0.15) is 15.0 Å². The van der Waals surface area contributed by atoms with Crippen LogP contribution in [0.25, 0.3) is 0 Å². The van der Waals surface area contributed by atoms with Gasteiger partial charge in [0.05, 0.1) is 54.9 Å². The normalized spacial score (nSPS) is 13.3. The van der Waals surface area contributed by atoms with E-state index in [0.29, 0.717) is 78.5 Å². The highest BCUT2D eigenvalue weighted by Gasteiger charge is 2.24. The second-order valence-electron chi connectivity index (χ2n) is 11.9. The van der Waals surface area contributed by atoms with Gasteiger partial charge in [0.25, 0.3) is 0 Å². The molecular weight excluding hydrogens is 739 g/mol. The van der Waals surface area contributed by atoms with Gasteiger partial charge in [-0.3, -0.25) is 0 Å². The first-order valence-corrected chi connectivity index (χ1v) is 18.4. The van der Waals surface area contributed by atoms with Crippen molar-refractivity contribution in [3.05, 3.63) is 70.8 Å². The number of benzene rings is 3. The first kappa shape index (κ1) is 42.6. The van der Waals surface area contributed by atoms with Gasteiger partial charge in [0.1, 0.15) is 0 Å².